The molecule has 4 aliphatic heterocycles. The van der Waals surface area contributed by atoms with E-state index >= 15 is 0 Å². The molecule has 4 N–H and O–H groups in total. The number of aromatic nitrogens is 4. The molecular weight excluding hydrogens is 476 g/mol. The number of hydrogen-bond acceptors (Lipinski definition) is 13. The average Bonchev–Trinajstić information content (AvgIpc) is 3.52. The van der Waals surface area contributed by atoms with Gasteiger partial charge in [0.15, 0.2) is 35.6 Å². The zero-order chi connectivity index (χ0) is 23.6. The van der Waals surface area contributed by atoms with Gasteiger partial charge in [-0.3, -0.25) is 28.3 Å². The zero-order valence-electron chi connectivity index (χ0n) is 17.3. The second kappa shape index (κ2) is 8.19. The number of nitrogens with zero attached hydrogens (tertiary/aromatic N) is 4. The molecule has 0 spiro atoms. The number of nitrogens with one attached hydrogen (secondary N) is 2. The van der Waals surface area contributed by atoms with Gasteiger partial charge in [-0.05, 0) is 12.1 Å². The van der Waals surface area contributed by atoms with Gasteiger partial charge in [-0.15, -0.1) is 0 Å². The van der Waals surface area contributed by atoms with Gasteiger partial charge in [0.2, 0.25) is 0 Å². The number of rotatable bonds is 6. The minimum atomic E-state index is -2.29. The number of aliphatic hydroxyl groups excluding tert-OH is 2. The summed E-state index contributed by atoms with van der Waals surface area (Å²) in [6.45, 7) is -0.678. The lowest BCUT2D eigenvalue weighted by Gasteiger charge is -2.20. The Morgan fingerprint density at radius 2 is 1.59 bits per heavy atom. The van der Waals surface area contributed by atoms with Crippen LogP contribution in [0.4, 0.5) is 0 Å². The molecule has 15 nitrogen and oxygen atoms in total. The van der Waals surface area contributed by atoms with Crippen molar-refractivity contribution in [1.29, 1.82) is 10.8 Å². The quantitative estimate of drug-likeness (QED) is 0.327. The van der Waals surface area contributed by atoms with E-state index in [0.717, 1.165) is 0 Å². The van der Waals surface area contributed by atoms with Crippen molar-refractivity contribution in [3.63, 3.8) is 0 Å². The van der Waals surface area contributed by atoms with Crippen LogP contribution in [0.5, 0.6) is 12.0 Å². The molecule has 2 saturated heterocycles. The van der Waals surface area contributed by atoms with Crippen LogP contribution in [0.3, 0.4) is 0 Å². The first kappa shape index (κ1) is 21.8. The van der Waals surface area contributed by atoms with E-state index in [-0.39, 0.29) is 29.6 Å². The Morgan fingerprint density at radius 3 is 2.24 bits per heavy atom. The minimum Gasteiger partial charge on any atom is -0.454 e. The maximum Gasteiger partial charge on any atom is 0.305 e. The van der Waals surface area contributed by atoms with Gasteiger partial charge in [-0.25, -0.2) is 0 Å². The third-order valence-electron chi connectivity index (χ3n) is 5.99. The summed E-state index contributed by atoms with van der Waals surface area (Å²) >= 11 is -2.29. The molecule has 4 aliphatic rings. The summed E-state index contributed by atoms with van der Waals surface area (Å²) in [5.41, 5.74) is 0.0333. The Bertz CT molecular complexity index is 1250. The number of ether oxygens (including phenoxy) is 4. The van der Waals surface area contributed by atoms with E-state index in [4.69, 9.17) is 38.1 Å². The molecule has 9 unspecified atom stereocenters. The minimum absolute atomic E-state index is 0.00915. The largest absolute Gasteiger partial charge is 0.454 e. The van der Waals surface area contributed by atoms with E-state index < -0.39 is 67.0 Å². The maximum absolute atomic E-state index is 12.5. The van der Waals surface area contributed by atoms with Gasteiger partial charge in [0.05, 0.1) is 13.2 Å². The van der Waals surface area contributed by atoms with Crippen LogP contribution in [-0.4, -0.2) is 83.4 Å². The molecule has 34 heavy (non-hydrogen) atoms. The molecular formula is C18H20N6O9S. The van der Waals surface area contributed by atoms with Crippen molar-refractivity contribution >= 4 is 11.4 Å². The Labute approximate surface area is 193 Å². The topological polar surface area (TPSA) is 196 Å². The lowest BCUT2D eigenvalue weighted by atomic mass is 10.1. The van der Waals surface area contributed by atoms with E-state index in [1.54, 1.807) is 21.5 Å². The Hall–Kier alpha value is -2.73. The second-order valence-electron chi connectivity index (χ2n) is 8.02. The highest BCUT2D eigenvalue weighted by molar-refractivity contribution is 7.75. The van der Waals surface area contributed by atoms with Crippen LogP contribution < -0.4 is 20.4 Å². The second-order valence-corrected chi connectivity index (χ2v) is 8.86. The van der Waals surface area contributed by atoms with Crippen molar-refractivity contribution in [2.45, 2.75) is 49.1 Å². The third-order valence-corrected chi connectivity index (χ3v) is 6.70. The van der Waals surface area contributed by atoms with Gasteiger partial charge in [-0.2, -0.15) is 14.2 Å². The molecule has 0 amide bonds. The predicted octanol–water partition coefficient (Wildman–Crippen LogP) is -2.61. The van der Waals surface area contributed by atoms with E-state index in [9.17, 15) is 14.4 Å². The molecule has 6 rings (SSSR count). The number of fused-ring (bicyclic) bond motifs is 6. The molecule has 2 aromatic rings. The van der Waals surface area contributed by atoms with Crippen LogP contribution in [0.1, 0.15) is 12.5 Å². The fraction of sp³-hybridized carbons (Fsp3) is 0.556. The smallest absolute Gasteiger partial charge is 0.305 e. The number of aliphatic hydroxyl groups is 2. The van der Waals surface area contributed by atoms with Crippen molar-refractivity contribution in [2.75, 3.05) is 13.2 Å². The van der Waals surface area contributed by atoms with Crippen molar-refractivity contribution in [1.82, 2.24) is 19.1 Å². The van der Waals surface area contributed by atoms with Crippen molar-refractivity contribution in [3.05, 3.63) is 35.5 Å². The number of hydrogen-bond donors (Lipinski definition) is 4. The van der Waals surface area contributed by atoms with Crippen molar-refractivity contribution < 1.29 is 41.7 Å². The third kappa shape index (κ3) is 3.46. The summed E-state index contributed by atoms with van der Waals surface area (Å²) in [5.74, 6) is 0. The molecule has 9 atom stereocenters. The summed E-state index contributed by atoms with van der Waals surface area (Å²) in [4.78, 5) is 7.92. The summed E-state index contributed by atoms with van der Waals surface area (Å²) < 4.78 is 49.3. The van der Waals surface area contributed by atoms with Gasteiger partial charge >= 0.3 is 23.4 Å². The van der Waals surface area contributed by atoms with Crippen LogP contribution in [0.25, 0.3) is 0 Å². The maximum atomic E-state index is 12.5. The fourth-order valence-corrected chi connectivity index (χ4v) is 5.11. The summed E-state index contributed by atoms with van der Waals surface area (Å²) in [6.07, 6.45) is -3.44. The van der Waals surface area contributed by atoms with Crippen LogP contribution >= 0.6 is 0 Å². The van der Waals surface area contributed by atoms with Crippen LogP contribution in [0, 0.1) is 10.8 Å². The highest BCUT2D eigenvalue weighted by Gasteiger charge is 2.54. The van der Waals surface area contributed by atoms with Crippen molar-refractivity contribution in [3.8, 4) is 12.0 Å². The standard InChI is InChI=1S/C18H20N6O9S/c19-9-1-3-23-15-13(31-17(23)21-9)11(26)8(30-15)6-28-34(27)33-12-7(5-25)29-16-14(12)32-18-22-10(20)2-4-24(16)18/h1-4,7-8,11-16,19-20,25-26H,5-6H2. The van der Waals surface area contributed by atoms with E-state index in [1.807, 2.05) is 0 Å². The molecule has 0 aromatic carbocycles. The monoisotopic (exact) mass is 496 g/mol. The molecule has 16 heteroatoms. The first-order valence-electron chi connectivity index (χ1n) is 10.4. The van der Waals surface area contributed by atoms with Gasteiger partial charge in [0, 0.05) is 12.4 Å². The molecule has 182 valence electrons. The summed E-state index contributed by atoms with van der Waals surface area (Å²) in [5, 5.41) is 35.4. The van der Waals surface area contributed by atoms with Crippen LogP contribution in [-0.2, 0) is 29.2 Å². The zero-order valence-corrected chi connectivity index (χ0v) is 18.1. The van der Waals surface area contributed by atoms with Gasteiger partial charge in [-0.1, -0.05) is 0 Å². The van der Waals surface area contributed by atoms with E-state index in [0.29, 0.717) is 0 Å². The lowest BCUT2D eigenvalue weighted by Crippen LogP contribution is -2.39. The highest BCUT2D eigenvalue weighted by Crippen LogP contribution is 2.41. The van der Waals surface area contributed by atoms with Gasteiger partial charge < -0.3 is 29.2 Å². The molecule has 0 saturated carbocycles. The SMILES string of the molecule is N=c1ccn2c(n1)OC1C(O)C(COS(=O)OC3C(CO)OC4C3Oc3nc(=N)ccn34)OC12. The first-order chi connectivity index (χ1) is 16.4. The average molecular weight is 496 g/mol. The lowest BCUT2D eigenvalue weighted by molar-refractivity contribution is -0.0461. The predicted molar refractivity (Wildman–Crippen MR) is 105 cm³/mol. The summed E-state index contributed by atoms with van der Waals surface area (Å²) in [6, 6.07) is 3.25. The van der Waals surface area contributed by atoms with Gasteiger partial charge in [0.25, 0.3) is 0 Å². The molecule has 0 bridgehead atoms. The normalized spacial score (nSPS) is 35.7. The Kier molecular flexibility index (Phi) is 5.25. The molecule has 6 heterocycles. The summed E-state index contributed by atoms with van der Waals surface area (Å²) in [7, 11) is 0. The fourth-order valence-electron chi connectivity index (χ4n) is 4.40. The van der Waals surface area contributed by atoms with E-state index in [1.165, 1.54) is 12.1 Å². The molecule has 2 aromatic heterocycles. The molecule has 0 radical (unpaired) electrons. The highest BCUT2D eigenvalue weighted by atomic mass is 32.2. The Balaban J connectivity index is 1.09. The molecule has 2 fully saturated rings. The van der Waals surface area contributed by atoms with E-state index in [2.05, 4.69) is 9.97 Å². The van der Waals surface area contributed by atoms with Gasteiger partial charge in [0.1, 0.15) is 24.4 Å². The first-order valence-corrected chi connectivity index (χ1v) is 11.4. The Morgan fingerprint density at radius 1 is 1.00 bits per heavy atom. The van der Waals surface area contributed by atoms with Crippen molar-refractivity contribution in [2.24, 2.45) is 0 Å². The van der Waals surface area contributed by atoms with Crippen LogP contribution in [0.2, 0.25) is 0 Å². The van der Waals surface area contributed by atoms with Crippen LogP contribution in [0.15, 0.2) is 24.5 Å². The molecule has 0 aliphatic carbocycles.